The van der Waals surface area contributed by atoms with Gasteiger partial charge in [-0.3, -0.25) is 0 Å². The summed E-state index contributed by atoms with van der Waals surface area (Å²) in [6.07, 6.45) is 0. The van der Waals surface area contributed by atoms with Crippen LogP contribution in [0.3, 0.4) is 0 Å². The molecule has 112 valence electrons. The number of nitrogens with two attached hydrogens (primary N) is 1. The van der Waals surface area contributed by atoms with Gasteiger partial charge in [0.15, 0.2) is 15.8 Å². The average Bonchev–Trinajstić information content (AvgIpc) is 2.94. The summed E-state index contributed by atoms with van der Waals surface area (Å²) >= 11 is 3.18. The molecule has 2 aromatic rings. The molecule has 3 rings (SSSR count). The summed E-state index contributed by atoms with van der Waals surface area (Å²) in [6.45, 7) is 1.14. The minimum Gasteiger partial charge on any atom is -0.486 e. The Morgan fingerprint density at radius 2 is 1.95 bits per heavy atom. The Morgan fingerprint density at radius 1 is 1.24 bits per heavy atom. The van der Waals surface area contributed by atoms with E-state index in [0.29, 0.717) is 18.9 Å². The highest BCUT2D eigenvalue weighted by Gasteiger charge is 2.15. The third-order valence-corrected chi connectivity index (χ3v) is 5.21. The van der Waals surface area contributed by atoms with Crippen molar-refractivity contribution in [2.45, 2.75) is 10.1 Å². The summed E-state index contributed by atoms with van der Waals surface area (Å²) in [4.78, 5) is 1.94. The molecule has 0 radical (unpaired) electrons. The smallest absolute Gasteiger partial charge is 0.208 e. The third kappa shape index (κ3) is 3.16. The number of rotatable bonds is 4. The van der Waals surface area contributed by atoms with Gasteiger partial charge in [0.05, 0.1) is 0 Å². The van der Waals surface area contributed by atoms with E-state index in [2.05, 4.69) is 10.2 Å². The second-order valence-corrected chi connectivity index (χ2v) is 6.91. The molecule has 0 bridgehead atoms. The minimum absolute atomic E-state index is 0.568. The molecule has 0 amide bonds. The molecular weight excluding hydrogens is 308 g/mol. The quantitative estimate of drug-likeness (QED) is 0.683. The van der Waals surface area contributed by atoms with Crippen LogP contribution in [0.2, 0.25) is 0 Å². The van der Waals surface area contributed by atoms with Gasteiger partial charge in [0, 0.05) is 31.6 Å². The van der Waals surface area contributed by atoms with Crippen LogP contribution in [0.4, 0.5) is 10.8 Å². The summed E-state index contributed by atoms with van der Waals surface area (Å²) in [5.41, 5.74) is 7.80. The van der Waals surface area contributed by atoms with E-state index in [9.17, 15) is 0 Å². The van der Waals surface area contributed by atoms with Crippen molar-refractivity contribution in [3.8, 4) is 11.5 Å². The summed E-state index contributed by atoms with van der Waals surface area (Å²) in [7, 11) is 3.90. The molecule has 0 spiro atoms. The van der Waals surface area contributed by atoms with Gasteiger partial charge in [0.25, 0.3) is 0 Å². The molecule has 1 aromatic carbocycles. The Labute approximate surface area is 131 Å². The van der Waals surface area contributed by atoms with Crippen LogP contribution in [0.5, 0.6) is 11.5 Å². The molecule has 6 nitrogen and oxygen atoms in total. The lowest BCUT2D eigenvalue weighted by Gasteiger charge is -2.20. The molecule has 2 N–H and O–H groups in total. The van der Waals surface area contributed by atoms with Gasteiger partial charge in [0.2, 0.25) is 5.13 Å². The number of thioether (sulfide) groups is 1. The van der Waals surface area contributed by atoms with Gasteiger partial charge in [-0.2, -0.15) is 0 Å². The molecule has 2 heterocycles. The molecule has 0 fully saturated rings. The number of anilines is 2. The lowest BCUT2D eigenvalue weighted by atomic mass is 10.2. The van der Waals surface area contributed by atoms with Crippen LogP contribution < -0.4 is 20.1 Å². The molecule has 0 saturated heterocycles. The van der Waals surface area contributed by atoms with Crippen LogP contribution in [-0.4, -0.2) is 37.5 Å². The first-order valence-electron chi connectivity index (χ1n) is 6.45. The van der Waals surface area contributed by atoms with Gasteiger partial charge in [0.1, 0.15) is 13.2 Å². The molecular formula is C13H16N4O2S2. The van der Waals surface area contributed by atoms with Crippen molar-refractivity contribution in [2.75, 3.05) is 37.9 Å². The number of ether oxygens (including phenoxy) is 2. The van der Waals surface area contributed by atoms with Crippen molar-refractivity contribution in [2.24, 2.45) is 0 Å². The summed E-state index contributed by atoms with van der Waals surface area (Å²) in [6, 6.07) is 3.78. The monoisotopic (exact) mass is 324 g/mol. The summed E-state index contributed by atoms with van der Waals surface area (Å²) < 4.78 is 12.0. The fourth-order valence-electron chi connectivity index (χ4n) is 1.85. The van der Waals surface area contributed by atoms with Crippen LogP contribution in [0.25, 0.3) is 0 Å². The van der Waals surface area contributed by atoms with Crippen LogP contribution in [0.1, 0.15) is 5.56 Å². The topological polar surface area (TPSA) is 73.5 Å². The average molecular weight is 324 g/mol. The number of benzene rings is 1. The number of hydrogen-bond donors (Lipinski definition) is 1. The van der Waals surface area contributed by atoms with Gasteiger partial charge in [-0.25, -0.2) is 0 Å². The van der Waals surface area contributed by atoms with Crippen LogP contribution in [0.15, 0.2) is 16.5 Å². The zero-order chi connectivity index (χ0) is 14.8. The highest BCUT2D eigenvalue weighted by atomic mass is 32.2. The van der Waals surface area contributed by atoms with Crippen molar-refractivity contribution in [3.05, 3.63) is 17.7 Å². The van der Waals surface area contributed by atoms with E-state index in [1.165, 1.54) is 0 Å². The third-order valence-electron chi connectivity index (χ3n) is 2.93. The van der Waals surface area contributed by atoms with Crippen molar-refractivity contribution < 1.29 is 9.47 Å². The van der Waals surface area contributed by atoms with E-state index < -0.39 is 0 Å². The van der Waals surface area contributed by atoms with Gasteiger partial charge >= 0.3 is 0 Å². The first-order chi connectivity index (χ1) is 10.1. The predicted molar refractivity (Wildman–Crippen MR) is 85.6 cm³/mol. The normalized spacial score (nSPS) is 13.2. The maximum Gasteiger partial charge on any atom is 0.208 e. The maximum atomic E-state index is 6.07. The fourth-order valence-corrected chi connectivity index (χ4v) is 3.62. The molecule has 1 aliphatic rings. The number of nitrogens with zero attached hydrogens (tertiary/aromatic N) is 3. The van der Waals surface area contributed by atoms with Crippen molar-refractivity contribution in [1.82, 2.24) is 10.2 Å². The van der Waals surface area contributed by atoms with Crippen LogP contribution in [0, 0.1) is 0 Å². The Hall–Kier alpha value is -1.67. The van der Waals surface area contributed by atoms with E-state index in [4.69, 9.17) is 15.2 Å². The van der Waals surface area contributed by atoms with E-state index in [0.717, 1.165) is 32.3 Å². The van der Waals surface area contributed by atoms with Gasteiger partial charge in [-0.1, -0.05) is 23.1 Å². The minimum atomic E-state index is 0.568. The molecule has 21 heavy (non-hydrogen) atoms. The lowest BCUT2D eigenvalue weighted by molar-refractivity contribution is 0.171. The van der Waals surface area contributed by atoms with Gasteiger partial charge in [-0.15, -0.1) is 10.2 Å². The molecule has 1 aromatic heterocycles. The van der Waals surface area contributed by atoms with Crippen LogP contribution >= 0.6 is 23.1 Å². The van der Waals surface area contributed by atoms with E-state index in [1.54, 1.807) is 23.1 Å². The number of nitrogen functional groups attached to an aromatic ring is 1. The molecule has 0 unspecified atom stereocenters. The molecule has 0 atom stereocenters. The first kappa shape index (κ1) is 14.3. The molecule has 1 aliphatic heterocycles. The largest absolute Gasteiger partial charge is 0.486 e. The summed E-state index contributed by atoms with van der Waals surface area (Å²) in [5, 5.41) is 9.18. The SMILES string of the molecule is CN(C)c1nnc(SCc2cc3c(cc2N)OCCO3)s1. The lowest BCUT2D eigenvalue weighted by Crippen LogP contribution is -2.15. The second-order valence-electron chi connectivity index (χ2n) is 4.73. The Kier molecular flexibility index (Phi) is 4.07. The standard InChI is InChI=1S/C13H16N4O2S2/c1-17(2)12-15-16-13(21-12)20-7-8-5-10-11(6-9(8)14)19-4-3-18-10/h5-6H,3-4,7,14H2,1-2H3. The Balaban J connectivity index is 1.72. The predicted octanol–water partition coefficient (Wildman–Crippen LogP) is 2.25. The second kappa shape index (κ2) is 5.98. The highest BCUT2D eigenvalue weighted by Crippen LogP contribution is 2.37. The number of hydrogen-bond acceptors (Lipinski definition) is 8. The number of aromatic nitrogens is 2. The molecule has 0 saturated carbocycles. The molecule has 0 aliphatic carbocycles. The number of fused-ring (bicyclic) bond motifs is 1. The van der Waals surface area contributed by atoms with Crippen LogP contribution in [-0.2, 0) is 5.75 Å². The van der Waals surface area contributed by atoms with Crippen molar-refractivity contribution in [1.29, 1.82) is 0 Å². The first-order valence-corrected chi connectivity index (χ1v) is 8.25. The zero-order valence-electron chi connectivity index (χ0n) is 11.8. The molecule has 8 heteroatoms. The Bertz CT molecular complexity index is 645. The zero-order valence-corrected chi connectivity index (χ0v) is 13.5. The fraction of sp³-hybridized carbons (Fsp3) is 0.385. The van der Waals surface area contributed by atoms with Crippen molar-refractivity contribution in [3.63, 3.8) is 0 Å². The maximum absolute atomic E-state index is 6.07. The Morgan fingerprint density at radius 3 is 2.62 bits per heavy atom. The van der Waals surface area contributed by atoms with E-state index in [1.807, 2.05) is 31.1 Å². The summed E-state index contributed by atoms with van der Waals surface area (Å²) in [5.74, 6) is 2.21. The van der Waals surface area contributed by atoms with Gasteiger partial charge < -0.3 is 20.1 Å². The highest BCUT2D eigenvalue weighted by molar-refractivity contribution is 8.00. The van der Waals surface area contributed by atoms with Gasteiger partial charge in [-0.05, 0) is 11.6 Å². The van der Waals surface area contributed by atoms with Crippen molar-refractivity contribution >= 4 is 33.9 Å². The van der Waals surface area contributed by atoms with E-state index >= 15 is 0 Å². The van der Waals surface area contributed by atoms with E-state index in [-0.39, 0.29) is 0 Å².